The van der Waals surface area contributed by atoms with Gasteiger partial charge in [0, 0.05) is 24.0 Å². The van der Waals surface area contributed by atoms with E-state index < -0.39 is 48.5 Å². The van der Waals surface area contributed by atoms with Gasteiger partial charge in [0.15, 0.2) is 0 Å². The predicted molar refractivity (Wildman–Crippen MR) is 162 cm³/mol. The number of carbonyl (C=O) groups excluding carboxylic acids is 3. The highest BCUT2D eigenvalue weighted by Gasteiger charge is 2.34. The zero-order chi connectivity index (χ0) is 33.3. The van der Waals surface area contributed by atoms with Crippen molar-refractivity contribution in [2.75, 3.05) is 11.9 Å². The van der Waals surface area contributed by atoms with Gasteiger partial charge in [-0.1, -0.05) is 43.7 Å². The van der Waals surface area contributed by atoms with E-state index in [2.05, 4.69) is 10.3 Å². The molecule has 4 aromatic rings. The Labute approximate surface area is 262 Å². The summed E-state index contributed by atoms with van der Waals surface area (Å²) in [4.78, 5) is 54.6. The number of halogens is 3. The summed E-state index contributed by atoms with van der Waals surface area (Å²) < 4.78 is 46.2. The SMILES string of the molecule is CCCc1ccc(CC(=O)Nc2ccc(C(=O)N(CC(=O)O)Cc3ccc(OC(=O)c4ccccn4)cc3)cc2)c(C(F)(F)F)c1. The number of aliphatic carboxylic acids is 1. The fraction of sp³-hybridized carbons (Fsp3) is 0.206. The van der Waals surface area contributed by atoms with E-state index in [0.717, 1.165) is 11.0 Å². The number of carbonyl (C=O) groups is 4. The Morgan fingerprint density at radius 3 is 2.22 bits per heavy atom. The average molecular weight is 634 g/mol. The van der Waals surface area contributed by atoms with Crippen molar-refractivity contribution in [1.29, 1.82) is 0 Å². The maximum absolute atomic E-state index is 13.6. The van der Waals surface area contributed by atoms with Gasteiger partial charge in [0.2, 0.25) is 5.91 Å². The monoisotopic (exact) mass is 633 g/mol. The molecular formula is C34H30F3N3O6. The number of benzene rings is 3. The molecule has 2 N–H and O–H groups in total. The molecule has 9 nitrogen and oxygen atoms in total. The molecule has 1 heterocycles. The molecule has 238 valence electrons. The Hall–Kier alpha value is -5.52. The van der Waals surface area contributed by atoms with Crippen LogP contribution in [0.4, 0.5) is 18.9 Å². The summed E-state index contributed by atoms with van der Waals surface area (Å²) in [5, 5.41) is 12.0. The smallest absolute Gasteiger partial charge is 0.416 e. The van der Waals surface area contributed by atoms with Gasteiger partial charge in [-0.2, -0.15) is 13.2 Å². The molecule has 0 spiro atoms. The van der Waals surface area contributed by atoms with Crippen LogP contribution in [-0.2, 0) is 35.2 Å². The van der Waals surface area contributed by atoms with Gasteiger partial charge in [-0.3, -0.25) is 14.4 Å². The third-order valence-corrected chi connectivity index (χ3v) is 6.78. The molecule has 0 fully saturated rings. The maximum Gasteiger partial charge on any atom is 0.416 e. The Kier molecular flexibility index (Phi) is 10.9. The second-order valence-electron chi connectivity index (χ2n) is 10.3. The van der Waals surface area contributed by atoms with Gasteiger partial charge in [0.05, 0.1) is 12.0 Å². The number of ether oxygens (including phenoxy) is 1. The van der Waals surface area contributed by atoms with Gasteiger partial charge >= 0.3 is 18.1 Å². The van der Waals surface area contributed by atoms with Gasteiger partial charge in [-0.05, 0) is 77.7 Å². The molecular weight excluding hydrogens is 603 g/mol. The zero-order valence-electron chi connectivity index (χ0n) is 24.7. The molecule has 0 radical (unpaired) electrons. The Balaban J connectivity index is 1.40. The lowest BCUT2D eigenvalue weighted by molar-refractivity contribution is -0.139. The summed E-state index contributed by atoms with van der Waals surface area (Å²) in [7, 11) is 0. The molecule has 2 amide bonds. The van der Waals surface area contributed by atoms with Crippen molar-refractivity contribution in [2.45, 2.75) is 38.9 Å². The fourth-order valence-electron chi connectivity index (χ4n) is 4.63. The van der Waals surface area contributed by atoms with Gasteiger partial charge in [0.25, 0.3) is 5.91 Å². The molecule has 0 saturated carbocycles. The lowest BCUT2D eigenvalue weighted by Gasteiger charge is -2.21. The van der Waals surface area contributed by atoms with Crippen LogP contribution in [0.5, 0.6) is 5.75 Å². The first-order valence-corrected chi connectivity index (χ1v) is 14.2. The average Bonchev–Trinajstić information content (AvgIpc) is 3.02. The van der Waals surface area contributed by atoms with E-state index in [9.17, 15) is 37.5 Å². The molecule has 0 saturated heterocycles. The van der Waals surface area contributed by atoms with Crippen molar-refractivity contribution in [1.82, 2.24) is 9.88 Å². The quantitative estimate of drug-likeness (QED) is 0.141. The molecule has 0 aliphatic carbocycles. The van der Waals surface area contributed by atoms with Crippen LogP contribution in [-0.4, -0.2) is 45.3 Å². The van der Waals surface area contributed by atoms with Crippen LogP contribution in [0, 0.1) is 0 Å². The van der Waals surface area contributed by atoms with E-state index in [1.165, 1.54) is 54.7 Å². The molecule has 3 aromatic carbocycles. The van der Waals surface area contributed by atoms with Crippen molar-refractivity contribution < 1.29 is 42.2 Å². The largest absolute Gasteiger partial charge is 0.480 e. The van der Waals surface area contributed by atoms with Crippen LogP contribution < -0.4 is 10.1 Å². The number of aryl methyl sites for hydroxylation is 1. The second kappa shape index (κ2) is 15.0. The predicted octanol–water partition coefficient (Wildman–Crippen LogP) is 6.18. The molecule has 12 heteroatoms. The number of pyridine rings is 1. The lowest BCUT2D eigenvalue weighted by Crippen LogP contribution is -2.35. The number of aromatic nitrogens is 1. The van der Waals surface area contributed by atoms with Crippen LogP contribution in [0.3, 0.4) is 0 Å². The van der Waals surface area contributed by atoms with Gasteiger partial charge in [-0.25, -0.2) is 9.78 Å². The number of nitrogens with one attached hydrogen (secondary N) is 1. The fourth-order valence-corrected chi connectivity index (χ4v) is 4.63. The molecule has 0 unspecified atom stereocenters. The zero-order valence-corrected chi connectivity index (χ0v) is 24.7. The summed E-state index contributed by atoms with van der Waals surface area (Å²) in [6, 6.07) is 20.6. The Morgan fingerprint density at radius 2 is 1.61 bits per heavy atom. The van der Waals surface area contributed by atoms with Crippen molar-refractivity contribution in [3.8, 4) is 5.75 Å². The standard InChI is InChI=1S/C34H30F3N3O6/c1-2-5-22-7-10-25(28(18-22)34(35,36)37)19-30(41)39-26-13-11-24(12-14-26)32(44)40(21-31(42)43)20-23-8-15-27(16-9-23)46-33(45)29-6-3-4-17-38-29/h3-4,6-18H,2,5,19-21H2,1H3,(H,39,41)(H,42,43). The molecule has 4 rings (SSSR count). The minimum absolute atomic E-state index is 0.0727. The van der Waals surface area contributed by atoms with Crippen LogP contribution >= 0.6 is 0 Å². The minimum Gasteiger partial charge on any atom is -0.480 e. The lowest BCUT2D eigenvalue weighted by atomic mass is 9.98. The van der Waals surface area contributed by atoms with Crippen molar-refractivity contribution in [3.05, 3.63) is 125 Å². The highest BCUT2D eigenvalue weighted by atomic mass is 19.4. The van der Waals surface area contributed by atoms with Crippen LogP contribution in [0.1, 0.15) is 56.4 Å². The Morgan fingerprint density at radius 1 is 0.913 bits per heavy atom. The molecule has 46 heavy (non-hydrogen) atoms. The number of carboxylic acid groups (broad SMARTS) is 1. The molecule has 0 aliphatic heterocycles. The van der Waals surface area contributed by atoms with Gasteiger partial charge in [0.1, 0.15) is 18.0 Å². The third kappa shape index (κ3) is 9.24. The summed E-state index contributed by atoms with van der Waals surface area (Å²) >= 11 is 0. The number of amides is 2. The number of nitrogens with zero attached hydrogens (tertiary/aromatic N) is 2. The third-order valence-electron chi connectivity index (χ3n) is 6.78. The summed E-state index contributed by atoms with van der Waals surface area (Å²) in [5.41, 5.74) is 0.605. The van der Waals surface area contributed by atoms with Gasteiger partial charge < -0.3 is 20.1 Å². The molecule has 0 aliphatic rings. The molecule has 0 bridgehead atoms. The number of carboxylic acids is 1. The van der Waals surface area contributed by atoms with Crippen LogP contribution in [0.25, 0.3) is 0 Å². The highest BCUT2D eigenvalue weighted by molar-refractivity contribution is 5.97. The van der Waals surface area contributed by atoms with E-state index >= 15 is 0 Å². The van der Waals surface area contributed by atoms with E-state index in [1.807, 2.05) is 6.92 Å². The van der Waals surface area contributed by atoms with E-state index in [4.69, 9.17) is 4.74 Å². The molecule has 0 atom stereocenters. The number of anilines is 1. The number of esters is 1. The maximum atomic E-state index is 13.6. The summed E-state index contributed by atoms with van der Waals surface area (Å²) in [6.45, 7) is 1.19. The Bertz CT molecular complexity index is 1690. The van der Waals surface area contributed by atoms with E-state index in [1.54, 1.807) is 30.3 Å². The highest BCUT2D eigenvalue weighted by Crippen LogP contribution is 2.33. The van der Waals surface area contributed by atoms with E-state index in [0.29, 0.717) is 24.0 Å². The van der Waals surface area contributed by atoms with Crippen molar-refractivity contribution >= 4 is 29.4 Å². The van der Waals surface area contributed by atoms with Crippen molar-refractivity contribution in [3.63, 3.8) is 0 Å². The van der Waals surface area contributed by atoms with Gasteiger partial charge in [-0.15, -0.1) is 0 Å². The number of alkyl halides is 3. The first-order valence-electron chi connectivity index (χ1n) is 14.2. The van der Waals surface area contributed by atoms with Crippen molar-refractivity contribution in [2.24, 2.45) is 0 Å². The molecule has 1 aromatic heterocycles. The minimum atomic E-state index is -4.61. The topological polar surface area (TPSA) is 126 Å². The summed E-state index contributed by atoms with van der Waals surface area (Å²) in [5.74, 6) is -2.93. The number of rotatable bonds is 12. The van der Waals surface area contributed by atoms with Crippen LogP contribution in [0.15, 0.2) is 91.1 Å². The van der Waals surface area contributed by atoms with Crippen LogP contribution in [0.2, 0.25) is 0 Å². The number of hydrogen-bond acceptors (Lipinski definition) is 6. The van der Waals surface area contributed by atoms with E-state index in [-0.39, 0.29) is 34.8 Å². The number of hydrogen-bond donors (Lipinski definition) is 2. The summed E-state index contributed by atoms with van der Waals surface area (Å²) in [6.07, 6.45) is -2.49. The first kappa shape index (κ1) is 33.4. The first-order chi connectivity index (χ1) is 21.9. The normalized spacial score (nSPS) is 11.0. The second-order valence-corrected chi connectivity index (χ2v) is 10.3.